The predicted molar refractivity (Wildman–Crippen MR) is 146 cm³/mol. The monoisotopic (exact) mass is 560 g/mol. The minimum Gasteiger partial charge on any atom is -0.481 e. The van der Waals surface area contributed by atoms with Gasteiger partial charge in [-0.3, -0.25) is 9.59 Å². The Balaban J connectivity index is 2.01. The maximum atomic E-state index is 16.2. The highest BCUT2D eigenvalue weighted by Gasteiger charge is 2.64. The Morgan fingerprint density at radius 3 is 2.23 bits per heavy atom. The molecular formula is C31H39F3N2O4. The second-order valence-corrected chi connectivity index (χ2v) is 10.4. The number of unbranched alkanes of at least 4 members (excludes halogenated alkanes) is 7. The second kappa shape index (κ2) is 14.4. The standard InChI is InChI=1S/C31H39F3N2O4/c1-3-5-7-9-11-17-26(37)40-25-16-13-12-15-23(25)30(19-18-24(27(38)39)31(33,34)28(30)32)29-35-20-22(21-36-29)14-10-8-6-4-2/h12-13,15-16,18-21,24,28H,3-11,14,17H2,1-2H3,(H,38,39). The van der Waals surface area contributed by atoms with Crippen molar-refractivity contribution in [1.82, 2.24) is 9.97 Å². The van der Waals surface area contributed by atoms with Crippen molar-refractivity contribution in [3.05, 3.63) is 65.8 Å². The number of halogens is 3. The number of nitrogens with zero attached hydrogens (tertiary/aromatic N) is 2. The Kier molecular flexibility index (Phi) is 11.3. The number of benzene rings is 1. The van der Waals surface area contributed by atoms with Gasteiger partial charge in [-0.15, -0.1) is 0 Å². The number of aliphatic carboxylic acids is 1. The van der Waals surface area contributed by atoms with Crippen molar-refractivity contribution in [3.8, 4) is 5.75 Å². The minimum atomic E-state index is -4.29. The molecule has 1 heterocycles. The van der Waals surface area contributed by atoms with Gasteiger partial charge < -0.3 is 9.84 Å². The molecule has 0 radical (unpaired) electrons. The highest BCUT2D eigenvalue weighted by molar-refractivity contribution is 5.76. The van der Waals surface area contributed by atoms with E-state index < -0.39 is 35.4 Å². The van der Waals surface area contributed by atoms with Crippen molar-refractivity contribution >= 4 is 11.9 Å². The van der Waals surface area contributed by atoms with Gasteiger partial charge in [0, 0.05) is 24.4 Å². The zero-order valence-electron chi connectivity index (χ0n) is 23.3. The SMILES string of the molecule is CCCCCCCC(=O)Oc1ccccc1C1(c2ncc(CCCCCC)cn2)C=CC(C(=O)O)C(F)(F)C1F. The lowest BCUT2D eigenvalue weighted by Gasteiger charge is -2.42. The van der Waals surface area contributed by atoms with Crippen LogP contribution in [0.1, 0.15) is 95.0 Å². The molecule has 0 aliphatic heterocycles. The van der Waals surface area contributed by atoms with Crippen molar-refractivity contribution in [2.24, 2.45) is 5.92 Å². The number of aromatic nitrogens is 2. The molecule has 218 valence electrons. The van der Waals surface area contributed by atoms with Crippen molar-refractivity contribution in [2.45, 2.75) is 102 Å². The van der Waals surface area contributed by atoms with Crippen molar-refractivity contribution in [3.63, 3.8) is 0 Å². The molecule has 0 spiro atoms. The first-order valence-corrected chi connectivity index (χ1v) is 14.2. The molecule has 40 heavy (non-hydrogen) atoms. The Labute approximate surface area is 234 Å². The first kappa shape index (κ1) is 31.3. The smallest absolute Gasteiger partial charge is 0.316 e. The van der Waals surface area contributed by atoms with E-state index in [1.54, 1.807) is 6.07 Å². The molecule has 6 nitrogen and oxygen atoms in total. The van der Waals surface area contributed by atoms with Crippen LogP contribution in [0.3, 0.4) is 0 Å². The van der Waals surface area contributed by atoms with Crippen LogP contribution in [0.2, 0.25) is 0 Å². The summed E-state index contributed by atoms with van der Waals surface area (Å²) in [6.45, 7) is 4.20. The van der Waals surface area contributed by atoms with Crippen LogP contribution in [0, 0.1) is 5.92 Å². The van der Waals surface area contributed by atoms with E-state index >= 15 is 13.2 Å². The molecule has 3 rings (SSSR count). The van der Waals surface area contributed by atoms with Crippen LogP contribution < -0.4 is 4.74 Å². The molecule has 2 aromatic rings. The number of aryl methyl sites for hydroxylation is 1. The fraction of sp³-hybridized carbons (Fsp3) is 0.548. The molecule has 0 bridgehead atoms. The lowest BCUT2D eigenvalue weighted by atomic mass is 9.67. The van der Waals surface area contributed by atoms with Gasteiger partial charge in [0.2, 0.25) is 0 Å². The number of hydrogen-bond donors (Lipinski definition) is 1. The first-order valence-electron chi connectivity index (χ1n) is 14.2. The molecule has 0 saturated carbocycles. The average Bonchev–Trinajstić information content (AvgIpc) is 2.93. The predicted octanol–water partition coefficient (Wildman–Crippen LogP) is 7.40. The third kappa shape index (κ3) is 7.09. The quantitative estimate of drug-likeness (QED) is 0.106. The summed E-state index contributed by atoms with van der Waals surface area (Å²) in [7, 11) is 0. The summed E-state index contributed by atoms with van der Waals surface area (Å²) in [6.07, 6.45) is 11.3. The maximum absolute atomic E-state index is 16.2. The van der Waals surface area contributed by atoms with Gasteiger partial charge in [0.15, 0.2) is 6.17 Å². The van der Waals surface area contributed by atoms with E-state index in [4.69, 9.17) is 4.74 Å². The van der Waals surface area contributed by atoms with Gasteiger partial charge in [-0.25, -0.2) is 23.1 Å². The average molecular weight is 561 g/mol. The van der Waals surface area contributed by atoms with Gasteiger partial charge in [-0.2, -0.15) is 0 Å². The number of carboxylic acid groups (broad SMARTS) is 1. The van der Waals surface area contributed by atoms with Crippen LogP contribution >= 0.6 is 0 Å². The van der Waals surface area contributed by atoms with E-state index in [1.165, 1.54) is 30.6 Å². The molecule has 3 unspecified atom stereocenters. The van der Waals surface area contributed by atoms with Gasteiger partial charge in [0.1, 0.15) is 22.9 Å². The van der Waals surface area contributed by atoms with Gasteiger partial charge in [0.25, 0.3) is 5.92 Å². The van der Waals surface area contributed by atoms with Gasteiger partial charge >= 0.3 is 11.9 Å². The molecular weight excluding hydrogens is 521 g/mol. The van der Waals surface area contributed by atoms with Crippen molar-refractivity contribution < 1.29 is 32.6 Å². The van der Waals surface area contributed by atoms with E-state index in [2.05, 4.69) is 23.8 Å². The Morgan fingerprint density at radius 2 is 1.57 bits per heavy atom. The second-order valence-electron chi connectivity index (χ2n) is 10.4. The molecule has 0 fully saturated rings. The summed E-state index contributed by atoms with van der Waals surface area (Å²) in [5, 5.41) is 9.37. The zero-order valence-corrected chi connectivity index (χ0v) is 23.3. The van der Waals surface area contributed by atoms with Crippen LogP contribution in [0.25, 0.3) is 0 Å². The van der Waals surface area contributed by atoms with Gasteiger partial charge in [-0.1, -0.05) is 89.1 Å². The lowest BCUT2D eigenvalue weighted by Crippen LogP contribution is -2.56. The highest BCUT2D eigenvalue weighted by Crippen LogP contribution is 2.52. The topological polar surface area (TPSA) is 89.4 Å². The number of carboxylic acids is 1. The van der Waals surface area contributed by atoms with Crippen LogP contribution in [-0.2, 0) is 21.4 Å². The molecule has 1 N–H and O–H groups in total. The number of esters is 1. The van der Waals surface area contributed by atoms with Crippen molar-refractivity contribution in [2.75, 3.05) is 0 Å². The molecule has 1 aliphatic carbocycles. The van der Waals surface area contributed by atoms with Gasteiger partial charge in [0.05, 0.1) is 0 Å². The van der Waals surface area contributed by atoms with Gasteiger partial charge in [-0.05, 0) is 30.9 Å². The van der Waals surface area contributed by atoms with Crippen molar-refractivity contribution in [1.29, 1.82) is 0 Å². The minimum absolute atomic E-state index is 0.0720. The number of para-hydroxylation sites is 1. The Morgan fingerprint density at radius 1 is 0.950 bits per heavy atom. The summed E-state index contributed by atoms with van der Waals surface area (Å²) in [6, 6.07) is 5.87. The fourth-order valence-electron chi connectivity index (χ4n) is 5.10. The van der Waals surface area contributed by atoms with E-state index in [1.807, 2.05) is 0 Å². The molecule has 1 aliphatic rings. The number of hydrogen-bond acceptors (Lipinski definition) is 5. The first-order chi connectivity index (χ1) is 19.2. The summed E-state index contributed by atoms with van der Waals surface area (Å²) >= 11 is 0. The van der Waals surface area contributed by atoms with E-state index in [-0.39, 0.29) is 23.6 Å². The summed E-state index contributed by atoms with van der Waals surface area (Å²) < 4.78 is 52.6. The number of carbonyl (C=O) groups excluding carboxylic acids is 1. The van der Waals surface area contributed by atoms with E-state index in [9.17, 15) is 14.7 Å². The third-order valence-corrected chi connectivity index (χ3v) is 7.41. The zero-order chi connectivity index (χ0) is 29.2. The van der Waals surface area contributed by atoms with E-state index in [0.29, 0.717) is 12.8 Å². The molecule has 9 heteroatoms. The van der Waals surface area contributed by atoms with E-state index in [0.717, 1.165) is 69.1 Å². The number of ether oxygens (including phenoxy) is 1. The fourth-order valence-corrected chi connectivity index (χ4v) is 5.10. The molecule has 1 aromatic carbocycles. The number of carbonyl (C=O) groups is 2. The summed E-state index contributed by atoms with van der Waals surface area (Å²) in [5.74, 6) is -9.42. The Bertz CT molecular complexity index is 1160. The molecule has 0 amide bonds. The largest absolute Gasteiger partial charge is 0.481 e. The maximum Gasteiger partial charge on any atom is 0.316 e. The number of rotatable bonds is 15. The normalized spacial score (nSPS) is 21.7. The third-order valence-electron chi connectivity index (χ3n) is 7.41. The number of alkyl halides is 3. The highest BCUT2D eigenvalue weighted by atomic mass is 19.3. The number of allylic oxidation sites excluding steroid dienone is 1. The van der Waals surface area contributed by atoms with Crippen LogP contribution in [-0.4, -0.2) is 39.1 Å². The summed E-state index contributed by atoms with van der Waals surface area (Å²) in [4.78, 5) is 32.9. The lowest BCUT2D eigenvalue weighted by molar-refractivity contribution is -0.168. The van der Waals surface area contributed by atoms with Crippen LogP contribution in [0.5, 0.6) is 5.75 Å². The van der Waals surface area contributed by atoms with Crippen LogP contribution in [0.15, 0.2) is 48.8 Å². The Hall–Kier alpha value is -3.23. The molecule has 3 atom stereocenters. The molecule has 1 aromatic heterocycles. The van der Waals surface area contributed by atoms with Crippen LogP contribution in [0.4, 0.5) is 13.2 Å². The summed E-state index contributed by atoms with van der Waals surface area (Å²) in [5.41, 5.74) is -1.57. The molecule has 0 saturated heterocycles.